The molecule has 1 fully saturated rings. The molecule has 4 unspecified atom stereocenters. The molecule has 2 heteroatoms. The van der Waals surface area contributed by atoms with Crippen molar-refractivity contribution in [3.05, 3.63) is 0 Å². The van der Waals surface area contributed by atoms with Crippen molar-refractivity contribution in [3.63, 3.8) is 0 Å². The third-order valence-electron chi connectivity index (χ3n) is 3.34. The van der Waals surface area contributed by atoms with Crippen molar-refractivity contribution in [1.82, 2.24) is 0 Å². The van der Waals surface area contributed by atoms with E-state index in [0.717, 1.165) is 12.8 Å². The fraction of sp³-hybridized carbons (Fsp3) is 0.909. The quantitative estimate of drug-likeness (QED) is 0.674. The summed E-state index contributed by atoms with van der Waals surface area (Å²) < 4.78 is 0. The van der Waals surface area contributed by atoms with Gasteiger partial charge in [-0.25, -0.2) is 0 Å². The Morgan fingerprint density at radius 3 is 2.38 bits per heavy atom. The SMILES string of the molecule is CC(C)C1CC(C)C(C#N)C(O)C1. The lowest BCUT2D eigenvalue weighted by molar-refractivity contribution is 0.0258. The summed E-state index contributed by atoms with van der Waals surface area (Å²) in [5.41, 5.74) is 0. The van der Waals surface area contributed by atoms with Crippen LogP contribution in [0, 0.1) is 35.0 Å². The maximum atomic E-state index is 9.74. The van der Waals surface area contributed by atoms with Gasteiger partial charge >= 0.3 is 0 Å². The highest BCUT2D eigenvalue weighted by Crippen LogP contribution is 2.36. The zero-order valence-corrected chi connectivity index (χ0v) is 8.70. The van der Waals surface area contributed by atoms with Crippen molar-refractivity contribution in [2.75, 3.05) is 0 Å². The minimum Gasteiger partial charge on any atom is -0.392 e. The van der Waals surface area contributed by atoms with E-state index in [0.29, 0.717) is 17.8 Å². The molecular formula is C11H19NO. The second-order valence-corrected chi connectivity index (χ2v) is 4.68. The fourth-order valence-electron chi connectivity index (χ4n) is 2.31. The van der Waals surface area contributed by atoms with Crippen LogP contribution in [0.2, 0.25) is 0 Å². The van der Waals surface area contributed by atoms with Crippen molar-refractivity contribution in [2.45, 2.75) is 39.7 Å². The minimum absolute atomic E-state index is 0.144. The molecule has 0 aliphatic heterocycles. The summed E-state index contributed by atoms with van der Waals surface area (Å²) in [6.45, 7) is 6.46. The Bertz CT molecular complexity index is 195. The van der Waals surface area contributed by atoms with Gasteiger partial charge in [-0.15, -0.1) is 0 Å². The average molecular weight is 181 g/mol. The van der Waals surface area contributed by atoms with E-state index in [1.54, 1.807) is 0 Å². The Labute approximate surface area is 80.6 Å². The van der Waals surface area contributed by atoms with Crippen LogP contribution >= 0.6 is 0 Å². The summed E-state index contributed by atoms with van der Waals surface area (Å²) >= 11 is 0. The van der Waals surface area contributed by atoms with Crippen molar-refractivity contribution < 1.29 is 5.11 Å². The molecule has 0 bridgehead atoms. The second-order valence-electron chi connectivity index (χ2n) is 4.68. The van der Waals surface area contributed by atoms with Crippen molar-refractivity contribution in [2.24, 2.45) is 23.7 Å². The van der Waals surface area contributed by atoms with Gasteiger partial charge in [-0.2, -0.15) is 5.26 Å². The van der Waals surface area contributed by atoms with E-state index in [1.165, 1.54) is 0 Å². The normalized spacial score (nSPS) is 40.3. The van der Waals surface area contributed by atoms with Crippen LogP contribution in [0.3, 0.4) is 0 Å². The Hall–Kier alpha value is -0.550. The molecule has 0 aromatic heterocycles. The Morgan fingerprint density at radius 2 is 2.00 bits per heavy atom. The molecule has 74 valence electrons. The number of nitrogens with zero attached hydrogens (tertiary/aromatic N) is 1. The van der Waals surface area contributed by atoms with Crippen LogP contribution in [-0.4, -0.2) is 11.2 Å². The van der Waals surface area contributed by atoms with Crippen LogP contribution in [0.4, 0.5) is 0 Å². The number of rotatable bonds is 1. The van der Waals surface area contributed by atoms with Crippen molar-refractivity contribution >= 4 is 0 Å². The molecule has 0 radical (unpaired) electrons. The molecule has 13 heavy (non-hydrogen) atoms. The van der Waals surface area contributed by atoms with Crippen LogP contribution in [0.25, 0.3) is 0 Å². The van der Waals surface area contributed by atoms with E-state index in [4.69, 9.17) is 5.26 Å². The predicted octanol–water partition coefficient (Wildman–Crippen LogP) is 2.19. The highest BCUT2D eigenvalue weighted by molar-refractivity contribution is 4.96. The molecule has 1 N–H and O–H groups in total. The summed E-state index contributed by atoms with van der Waals surface area (Å²) in [5.74, 6) is 1.42. The number of nitriles is 1. The lowest BCUT2D eigenvalue weighted by atomic mass is 9.70. The van der Waals surface area contributed by atoms with Crippen LogP contribution in [0.5, 0.6) is 0 Å². The van der Waals surface area contributed by atoms with Crippen LogP contribution < -0.4 is 0 Å². The highest BCUT2D eigenvalue weighted by Gasteiger charge is 2.35. The summed E-state index contributed by atoms with van der Waals surface area (Å²) in [7, 11) is 0. The van der Waals surface area contributed by atoms with E-state index >= 15 is 0 Å². The summed E-state index contributed by atoms with van der Waals surface area (Å²) in [6.07, 6.45) is 1.49. The Morgan fingerprint density at radius 1 is 1.38 bits per heavy atom. The van der Waals surface area contributed by atoms with E-state index in [-0.39, 0.29) is 5.92 Å². The summed E-state index contributed by atoms with van der Waals surface area (Å²) in [6, 6.07) is 2.21. The van der Waals surface area contributed by atoms with E-state index in [2.05, 4.69) is 26.8 Å². The zero-order chi connectivity index (χ0) is 10.0. The molecule has 1 aliphatic rings. The van der Waals surface area contributed by atoms with Crippen LogP contribution in [-0.2, 0) is 0 Å². The topological polar surface area (TPSA) is 44.0 Å². The van der Waals surface area contributed by atoms with E-state index in [1.807, 2.05) is 0 Å². The van der Waals surface area contributed by atoms with Crippen molar-refractivity contribution in [1.29, 1.82) is 5.26 Å². The van der Waals surface area contributed by atoms with Gasteiger partial charge in [0.1, 0.15) is 0 Å². The number of hydrogen-bond acceptors (Lipinski definition) is 2. The Kier molecular flexibility index (Phi) is 3.33. The third kappa shape index (κ3) is 2.22. The van der Waals surface area contributed by atoms with Gasteiger partial charge in [0.2, 0.25) is 0 Å². The maximum absolute atomic E-state index is 9.74. The predicted molar refractivity (Wildman–Crippen MR) is 51.8 cm³/mol. The second kappa shape index (κ2) is 4.11. The lowest BCUT2D eigenvalue weighted by Gasteiger charge is -2.36. The smallest absolute Gasteiger partial charge is 0.0748 e. The zero-order valence-electron chi connectivity index (χ0n) is 8.70. The van der Waals surface area contributed by atoms with Crippen molar-refractivity contribution in [3.8, 4) is 6.07 Å². The first kappa shape index (κ1) is 10.5. The largest absolute Gasteiger partial charge is 0.392 e. The molecule has 1 aliphatic carbocycles. The Balaban J connectivity index is 2.62. The molecule has 2 nitrogen and oxygen atoms in total. The molecule has 0 spiro atoms. The third-order valence-corrected chi connectivity index (χ3v) is 3.34. The van der Waals surface area contributed by atoms with Gasteiger partial charge in [0, 0.05) is 0 Å². The lowest BCUT2D eigenvalue weighted by Crippen LogP contribution is -2.36. The number of hydrogen-bond donors (Lipinski definition) is 1. The van der Waals surface area contributed by atoms with Gasteiger partial charge in [-0.05, 0) is 30.6 Å². The molecule has 1 saturated carbocycles. The highest BCUT2D eigenvalue weighted by atomic mass is 16.3. The molecule has 0 aromatic carbocycles. The van der Waals surface area contributed by atoms with Crippen LogP contribution in [0.15, 0.2) is 0 Å². The molecule has 4 atom stereocenters. The average Bonchev–Trinajstić information content (AvgIpc) is 2.03. The van der Waals surface area contributed by atoms with E-state index in [9.17, 15) is 5.11 Å². The van der Waals surface area contributed by atoms with Gasteiger partial charge in [0.05, 0.1) is 18.1 Å². The van der Waals surface area contributed by atoms with Gasteiger partial charge in [-0.1, -0.05) is 20.8 Å². The first-order valence-corrected chi connectivity index (χ1v) is 5.14. The fourth-order valence-corrected chi connectivity index (χ4v) is 2.31. The molecule has 0 saturated heterocycles. The van der Waals surface area contributed by atoms with Gasteiger partial charge in [-0.3, -0.25) is 0 Å². The van der Waals surface area contributed by atoms with Crippen LogP contribution in [0.1, 0.15) is 33.6 Å². The molecular weight excluding hydrogens is 162 g/mol. The molecule has 1 rings (SSSR count). The van der Waals surface area contributed by atoms with Gasteiger partial charge in [0.15, 0.2) is 0 Å². The summed E-state index contributed by atoms with van der Waals surface area (Å²) in [5, 5.41) is 18.6. The maximum Gasteiger partial charge on any atom is 0.0748 e. The first-order chi connectivity index (χ1) is 6.06. The standard InChI is InChI=1S/C11H19NO/c1-7(2)9-4-8(3)10(6-12)11(13)5-9/h7-11,13H,4-5H2,1-3H3. The van der Waals surface area contributed by atoms with Gasteiger partial charge in [0.25, 0.3) is 0 Å². The molecule has 0 heterocycles. The van der Waals surface area contributed by atoms with E-state index < -0.39 is 6.10 Å². The molecule has 0 aromatic rings. The van der Waals surface area contributed by atoms with Gasteiger partial charge < -0.3 is 5.11 Å². The first-order valence-electron chi connectivity index (χ1n) is 5.14. The monoisotopic (exact) mass is 181 g/mol. The summed E-state index contributed by atoms with van der Waals surface area (Å²) in [4.78, 5) is 0. The number of aliphatic hydroxyl groups is 1. The minimum atomic E-state index is -0.402. The molecule has 0 amide bonds. The number of aliphatic hydroxyl groups excluding tert-OH is 1.